The molecule has 1 atom stereocenters. The summed E-state index contributed by atoms with van der Waals surface area (Å²) >= 11 is 0. The number of hydrogen-bond donors (Lipinski definition) is 3. The van der Waals surface area contributed by atoms with Gasteiger partial charge in [0.05, 0.1) is 12.6 Å². The molecular formula is C9H11NO4. The van der Waals surface area contributed by atoms with Gasteiger partial charge in [-0.05, 0) is 6.07 Å². The van der Waals surface area contributed by atoms with E-state index in [9.17, 15) is 5.11 Å². The molecule has 0 fully saturated rings. The van der Waals surface area contributed by atoms with Crippen molar-refractivity contribution in [3.8, 4) is 17.2 Å². The molecule has 0 saturated heterocycles. The Bertz CT molecular complexity index is 353. The van der Waals surface area contributed by atoms with E-state index in [1.807, 2.05) is 0 Å². The van der Waals surface area contributed by atoms with Gasteiger partial charge < -0.3 is 25.4 Å². The van der Waals surface area contributed by atoms with Crippen LogP contribution >= 0.6 is 0 Å². The molecule has 0 radical (unpaired) electrons. The van der Waals surface area contributed by atoms with E-state index in [0.717, 1.165) is 0 Å². The van der Waals surface area contributed by atoms with Crippen molar-refractivity contribution in [2.75, 3.05) is 13.4 Å². The summed E-state index contributed by atoms with van der Waals surface area (Å²) in [6, 6.07) is 2.41. The number of phenols is 1. The minimum absolute atomic E-state index is 0.0100. The molecule has 1 aliphatic rings. The minimum atomic E-state index is -0.607. The lowest BCUT2D eigenvalue weighted by Crippen LogP contribution is -2.14. The second-order valence-electron chi connectivity index (χ2n) is 3.05. The first-order valence-electron chi connectivity index (χ1n) is 4.21. The van der Waals surface area contributed by atoms with Crippen LogP contribution < -0.4 is 15.2 Å². The Kier molecular flexibility index (Phi) is 2.18. The first kappa shape index (κ1) is 9.11. The monoisotopic (exact) mass is 197 g/mol. The number of nitrogens with two attached hydrogens (primary N) is 1. The first-order valence-corrected chi connectivity index (χ1v) is 4.21. The van der Waals surface area contributed by atoms with Crippen LogP contribution in [0.1, 0.15) is 11.6 Å². The highest BCUT2D eigenvalue weighted by Gasteiger charge is 2.19. The van der Waals surface area contributed by atoms with Crippen molar-refractivity contribution in [3.63, 3.8) is 0 Å². The number of aliphatic hydroxyl groups excluding tert-OH is 1. The second-order valence-corrected chi connectivity index (χ2v) is 3.05. The summed E-state index contributed by atoms with van der Waals surface area (Å²) in [5, 5.41) is 18.4. The van der Waals surface area contributed by atoms with E-state index in [1.165, 1.54) is 6.07 Å². The van der Waals surface area contributed by atoms with Crippen LogP contribution in [0.2, 0.25) is 0 Å². The molecule has 0 amide bonds. The van der Waals surface area contributed by atoms with Gasteiger partial charge in [0.1, 0.15) is 5.75 Å². The smallest absolute Gasteiger partial charge is 0.231 e. The summed E-state index contributed by atoms with van der Waals surface area (Å²) in [6.45, 7) is -0.0835. The van der Waals surface area contributed by atoms with Gasteiger partial charge in [-0.1, -0.05) is 0 Å². The molecule has 1 heterocycles. The van der Waals surface area contributed by atoms with Gasteiger partial charge in [-0.2, -0.15) is 0 Å². The van der Waals surface area contributed by atoms with E-state index in [4.69, 9.17) is 20.3 Å². The molecule has 5 heteroatoms. The van der Waals surface area contributed by atoms with Gasteiger partial charge in [0.25, 0.3) is 0 Å². The first-order chi connectivity index (χ1) is 6.72. The molecule has 1 aromatic carbocycles. The summed E-state index contributed by atoms with van der Waals surface area (Å²) in [6.07, 6.45) is 0. The molecule has 0 bridgehead atoms. The van der Waals surface area contributed by atoms with Crippen molar-refractivity contribution in [1.29, 1.82) is 0 Å². The number of aromatic hydroxyl groups is 1. The summed E-state index contributed by atoms with van der Waals surface area (Å²) in [4.78, 5) is 0. The number of fused-ring (bicyclic) bond motifs is 1. The Labute approximate surface area is 80.7 Å². The molecule has 5 nitrogen and oxygen atoms in total. The fourth-order valence-corrected chi connectivity index (χ4v) is 1.34. The molecule has 0 aromatic heterocycles. The van der Waals surface area contributed by atoms with Crippen LogP contribution in [-0.4, -0.2) is 23.6 Å². The lowest BCUT2D eigenvalue weighted by atomic mass is 10.1. The van der Waals surface area contributed by atoms with E-state index in [0.29, 0.717) is 17.1 Å². The number of benzene rings is 1. The summed E-state index contributed by atoms with van der Waals surface area (Å²) in [7, 11) is 0. The number of hydrogen-bond acceptors (Lipinski definition) is 5. The lowest BCUT2D eigenvalue weighted by Gasteiger charge is -2.11. The Morgan fingerprint density at radius 3 is 2.64 bits per heavy atom. The van der Waals surface area contributed by atoms with Gasteiger partial charge in [0.2, 0.25) is 6.79 Å². The predicted molar refractivity (Wildman–Crippen MR) is 48.2 cm³/mol. The zero-order chi connectivity index (χ0) is 10.1. The number of ether oxygens (including phenoxy) is 2. The molecule has 1 aliphatic heterocycles. The molecule has 76 valence electrons. The summed E-state index contributed by atoms with van der Waals surface area (Å²) < 4.78 is 10.2. The van der Waals surface area contributed by atoms with Crippen LogP contribution in [0, 0.1) is 0 Å². The van der Waals surface area contributed by atoms with Crippen LogP contribution in [0.15, 0.2) is 12.1 Å². The quantitative estimate of drug-likeness (QED) is 0.626. The lowest BCUT2D eigenvalue weighted by molar-refractivity contribution is 0.174. The Morgan fingerprint density at radius 2 is 2.00 bits per heavy atom. The molecule has 2 rings (SSSR count). The van der Waals surface area contributed by atoms with E-state index < -0.39 is 6.04 Å². The fraction of sp³-hybridized carbons (Fsp3) is 0.333. The third-order valence-electron chi connectivity index (χ3n) is 2.12. The molecule has 0 spiro atoms. The van der Waals surface area contributed by atoms with Crippen LogP contribution in [0.3, 0.4) is 0 Å². The van der Waals surface area contributed by atoms with E-state index in [-0.39, 0.29) is 19.1 Å². The van der Waals surface area contributed by atoms with Crippen molar-refractivity contribution in [2.24, 2.45) is 5.73 Å². The maximum Gasteiger partial charge on any atom is 0.231 e. The van der Waals surface area contributed by atoms with Gasteiger partial charge in [0.15, 0.2) is 11.5 Å². The predicted octanol–water partition coefficient (Wildman–Crippen LogP) is 0.113. The van der Waals surface area contributed by atoms with Crippen molar-refractivity contribution in [2.45, 2.75) is 6.04 Å². The molecule has 14 heavy (non-hydrogen) atoms. The highest BCUT2D eigenvalue weighted by Crippen LogP contribution is 2.39. The Hall–Kier alpha value is -1.46. The Balaban J connectivity index is 2.42. The van der Waals surface area contributed by atoms with Gasteiger partial charge in [-0.3, -0.25) is 0 Å². The molecule has 0 aliphatic carbocycles. The second kappa shape index (κ2) is 3.36. The minimum Gasteiger partial charge on any atom is -0.507 e. The third kappa shape index (κ3) is 1.36. The molecule has 1 aromatic rings. The molecule has 1 unspecified atom stereocenters. The highest BCUT2D eigenvalue weighted by molar-refractivity contribution is 5.52. The third-order valence-corrected chi connectivity index (χ3v) is 2.12. The summed E-state index contributed by atoms with van der Waals surface area (Å²) in [5.74, 6) is 1.05. The van der Waals surface area contributed by atoms with E-state index >= 15 is 0 Å². The number of rotatable bonds is 2. The van der Waals surface area contributed by atoms with Crippen molar-refractivity contribution in [3.05, 3.63) is 17.7 Å². The van der Waals surface area contributed by atoms with Gasteiger partial charge in [-0.15, -0.1) is 0 Å². The fourth-order valence-electron chi connectivity index (χ4n) is 1.34. The average molecular weight is 197 g/mol. The highest BCUT2D eigenvalue weighted by atomic mass is 16.7. The van der Waals surface area contributed by atoms with Gasteiger partial charge in [0, 0.05) is 11.6 Å². The van der Waals surface area contributed by atoms with E-state index in [1.54, 1.807) is 6.07 Å². The molecule has 4 N–H and O–H groups in total. The molecule has 0 saturated carbocycles. The van der Waals surface area contributed by atoms with Crippen LogP contribution in [0.5, 0.6) is 17.2 Å². The van der Waals surface area contributed by atoms with Gasteiger partial charge in [-0.25, -0.2) is 0 Å². The maximum absolute atomic E-state index is 9.55. The van der Waals surface area contributed by atoms with Crippen LogP contribution in [0.4, 0.5) is 0 Å². The Morgan fingerprint density at radius 1 is 1.36 bits per heavy atom. The van der Waals surface area contributed by atoms with Crippen molar-refractivity contribution < 1.29 is 19.7 Å². The normalized spacial score (nSPS) is 15.6. The van der Waals surface area contributed by atoms with Crippen molar-refractivity contribution >= 4 is 0 Å². The molecular weight excluding hydrogens is 186 g/mol. The number of aliphatic hydroxyl groups is 1. The largest absolute Gasteiger partial charge is 0.507 e. The standard InChI is InChI=1S/C9H11NO4/c10-6(3-11)5-1-8-9(2-7(5)12)14-4-13-8/h1-2,6,11-12H,3-4,10H2. The summed E-state index contributed by atoms with van der Waals surface area (Å²) in [5.41, 5.74) is 6.04. The SMILES string of the molecule is NC(CO)c1cc2c(cc1O)OCO2. The average Bonchev–Trinajstić information content (AvgIpc) is 2.62. The zero-order valence-corrected chi connectivity index (χ0v) is 7.43. The van der Waals surface area contributed by atoms with Gasteiger partial charge >= 0.3 is 0 Å². The zero-order valence-electron chi connectivity index (χ0n) is 7.43. The number of phenolic OH excluding ortho intramolecular Hbond substituents is 1. The van der Waals surface area contributed by atoms with Crippen molar-refractivity contribution in [1.82, 2.24) is 0 Å². The van der Waals surface area contributed by atoms with Crippen LogP contribution in [-0.2, 0) is 0 Å². The van der Waals surface area contributed by atoms with E-state index in [2.05, 4.69) is 0 Å². The topological polar surface area (TPSA) is 84.9 Å². The van der Waals surface area contributed by atoms with Crippen LogP contribution in [0.25, 0.3) is 0 Å². The maximum atomic E-state index is 9.55.